The van der Waals surface area contributed by atoms with Gasteiger partial charge in [0.15, 0.2) is 6.29 Å². The van der Waals surface area contributed by atoms with Crippen LogP contribution in [0.25, 0.3) is 0 Å². The van der Waals surface area contributed by atoms with E-state index in [1.54, 1.807) is 0 Å². The summed E-state index contributed by atoms with van der Waals surface area (Å²) in [5.74, 6) is -7.34. The van der Waals surface area contributed by atoms with E-state index in [2.05, 4.69) is 31.9 Å². The van der Waals surface area contributed by atoms with Crippen molar-refractivity contribution in [3.8, 4) is 0 Å². The number of carbonyl (C=O) groups is 1. The molecule has 0 amide bonds. The lowest BCUT2D eigenvalue weighted by Crippen LogP contribution is -2.64. The number of rotatable bonds is 6. The van der Waals surface area contributed by atoms with Gasteiger partial charge in [-0.25, -0.2) is 0 Å². The molecule has 0 saturated carbocycles. The predicted molar refractivity (Wildman–Crippen MR) is 89.4 cm³/mol. The number of nitrogens with one attached hydrogen (secondary N) is 1. The molecule has 0 radical (unpaired) electrons. The summed E-state index contributed by atoms with van der Waals surface area (Å²) in [6, 6.07) is 1.29. The van der Waals surface area contributed by atoms with Gasteiger partial charge >= 0.3 is 11.9 Å². The third-order valence-electron chi connectivity index (χ3n) is 3.15. The molecule has 0 bridgehead atoms. The minimum atomic E-state index is -3.86. The normalized spacial score (nSPS) is 12.0. The second kappa shape index (κ2) is 6.81. The maximum absolute atomic E-state index is 11.2. The van der Waals surface area contributed by atoms with E-state index in [0.717, 1.165) is 13.4 Å². The number of likely N-dealkylation sites (N-methyl/N-ethyl adjacent to an activating group) is 1. The van der Waals surface area contributed by atoms with E-state index in [1.165, 1.54) is 18.0 Å². The van der Waals surface area contributed by atoms with Gasteiger partial charge in [0.25, 0.3) is 0 Å². The van der Waals surface area contributed by atoms with Crippen LogP contribution < -0.4 is 9.80 Å². The van der Waals surface area contributed by atoms with E-state index in [4.69, 9.17) is 20.7 Å². The van der Waals surface area contributed by atoms with Crippen LogP contribution in [0, 0.1) is 5.41 Å². The van der Waals surface area contributed by atoms with Crippen LogP contribution in [-0.2, 0) is 0 Å². The molecule has 0 aliphatic carbocycles. The minimum absolute atomic E-state index is 0.0353. The topological polar surface area (TPSA) is 149 Å². The number of hydrogen-bond donors (Lipinski definition) is 6. The number of hydrogen-bond acceptors (Lipinski definition) is 8. The summed E-state index contributed by atoms with van der Waals surface area (Å²) < 4.78 is 0.475. The van der Waals surface area contributed by atoms with E-state index in [9.17, 15) is 15.0 Å². The molecule has 23 heavy (non-hydrogen) atoms. The molecular weight excluding hydrogens is 442 g/mol. The molecule has 1 aromatic rings. The molecule has 9 nitrogen and oxygen atoms in total. The van der Waals surface area contributed by atoms with Crippen molar-refractivity contribution >= 4 is 55.9 Å². The molecule has 11 heteroatoms. The molecule has 0 unspecified atom stereocenters. The van der Waals surface area contributed by atoms with Gasteiger partial charge in [-0.1, -0.05) is 0 Å². The average Bonchev–Trinajstić information content (AvgIpc) is 2.44. The molecule has 0 aliphatic heterocycles. The van der Waals surface area contributed by atoms with E-state index in [1.807, 2.05) is 0 Å². The number of aldehydes is 1. The third-order valence-corrected chi connectivity index (χ3v) is 4.61. The lowest BCUT2D eigenvalue weighted by Gasteiger charge is -2.40. The molecule has 0 saturated heterocycles. The number of carbonyl (C=O) groups excluding carboxylic acids is 1. The smallest absolute Gasteiger partial charge is 0.342 e. The van der Waals surface area contributed by atoms with Crippen LogP contribution in [0.1, 0.15) is 10.4 Å². The first-order chi connectivity index (χ1) is 10.4. The van der Waals surface area contributed by atoms with E-state index >= 15 is 0 Å². The summed E-state index contributed by atoms with van der Waals surface area (Å²) in [4.78, 5) is 13.0. The van der Waals surface area contributed by atoms with Crippen LogP contribution in [0.15, 0.2) is 15.0 Å². The van der Waals surface area contributed by atoms with Gasteiger partial charge in [0.1, 0.15) is 0 Å². The second-order valence-corrected chi connectivity index (χ2v) is 6.29. The first-order valence-corrected chi connectivity index (χ1v) is 7.55. The van der Waals surface area contributed by atoms with Crippen molar-refractivity contribution < 1.29 is 30.3 Å². The number of benzene rings is 1. The van der Waals surface area contributed by atoms with Crippen molar-refractivity contribution in [1.29, 1.82) is 5.41 Å². The number of halogens is 2. The largest absolute Gasteiger partial charge is 0.355 e. The van der Waals surface area contributed by atoms with Crippen molar-refractivity contribution in [2.75, 3.05) is 23.9 Å². The van der Waals surface area contributed by atoms with E-state index in [0.29, 0.717) is 11.2 Å². The number of aliphatic hydroxyl groups is 5. The zero-order valence-corrected chi connectivity index (χ0v) is 15.2. The van der Waals surface area contributed by atoms with Crippen LogP contribution in [0.5, 0.6) is 0 Å². The summed E-state index contributed by atoms with van der Waals surface area (Å²) in [6.07, 6.45) is 1.43. The lowest BCUT2D eigenvalue weighted by molar-refractivity contribution is -0.444. The Morgan fingerprint density at radius 3 is 2.09 bits per heavy atom. The van der Waals surface area contributed by atoms with E-state index in [-0.39, 0.29) is 25.9 Å². The summed E-state index contributed by atoms with van der Waals surface area (Å²) >= 11 is 6.32. The van der Waals surface area contributed by atoms with Crippen LogP contribution in [0.4, 0.5) is 11.4 Å². The Balaban J connectivity index is 3.70. The van der Waals surface area contributed by atoms with Gasteiger partial charge in [-0.05, 0) is 37.9 Å². The highest BCUT2D eigenvalue weighted by Crippen LogP contribution is 2.43. The first-order valence-electron chi connectivity index (χ1n) is 5.96. The molecular formula is C12H15Br2N3O6. The molecule has 0 atom stereocenters. The maximum atomic E-state index is 11.2. The van der Waals surface area contributed by atoms with E-state index < -0.39 is 11.9 Å². The van der Waals surface area contributed by atoms with Crippen molar-refractivity contribution in [2.45, 2.75) is 11.9 Å². The summed E-state index contributed by atoms with van der Waals surface area (Å²) in [5, 5.41) is 54.4. The molecule has 0 heterocycles. The highest BCUT2D eigenvalue weighted by atomic mass is 79.9. The summed E-state index contributed by atoms with van der Waals surface area (Å²) in [7, 11) is 2.51. The highest BCUT2D eigenvalue weighted by Gasteiger charge is 2.51. The molecule has 1 aromatic carbocycles. The fraction of sp³-hybridized carbons (Fsp3) is 0.333. The van der Waals surface area contributed by atoms with Crippen LogP contribution in [0.2, 0.25) is 0 Å². The van der Waals surface area contributed by atoms with Gasteiger partial charge in [0.2, 0.25) is 0 Å². The second-order valence-electron chi connectivity index (χ2n) is 4.64. The lowest BCUT2D eigenvalue weighted by atomic mass is 10.1. The van der Waals surface area contributed by atoms with Crippen molar-refractivity contribution in [3.05, 3.63) is 20.6 Å². The standard InChI is InChI=1S/C12H15Br2N3O6/c1-16(5-15)10-8(3-7(13)6(4-18)9(10)14)17(2)11(19,20)12(21,22)23/h3-5,15,19-23H,1-2H3. The number of anilines is 2. The number of nitrogens with zero attached hydrogens (tertiary/aromatic N) is 2. The van der Waals surface area contributed by atoms with Gasteiger partial charge in [0, 0.05) is 24.1 Å². The molecule has 0 aliphatic rings. The van der Waals surface area contributed by atoms with Gasteiger partial charge in [-0.3, -0.25) is 10.2 Å². The summed E-state index contributed by atoms with van der Waals surface area (Å²) in [6.45, 7) is 0. The monoisotopic (exact) mass is 455 g/mol. The Morgan fingerprint density at radius 2 is 1.70 bits per heavy atom. The Bertz CT molecular complexity index is 632. The molecule has 128 valence electrons. The molecule has 0 spiro atoms. The van der Waals surface area contributed by atoms with Crippen molar-refractivity contribution in [3.63, 3.8) is 0 Å². The SMILES string of the molecule is CN(C=N)c1c(N(C)C(O)(O)C(O)(O)O)cc(Br)c(C=O)c1Br. The zero-order valence-electron chi connectivity index (χ0n) is 12.0. The van der Waals surface area contributed by atoms with Crippen molar-refractivity contribution in [1.82, 2.24) is 0 Å². The highest BCUT2D eigenvalue weighted by molar-refractivity contribution is 9.11. The Hall–Kier alpha value is -1.08. The Labute approximate surface area is 148 Å². The average molecular weight is 457 g/mol. The zero-order chi connectivity index (χ0) is 18.2. The quantitative estimate of drug-likeness (QED) is 0.149. The molecule has 6 N–H and O–H groups in total. The fourth-order valence-electron chi connectivity index (χ4n) is 1.77. The van der Waals surface area contributed by atoms with Gasteiger partial charge < -0.3 is 35.3 Å². The first kappa shape index (κ1) is 20.0. The third kappa shape index (κ3) is 3.55. The fourth-order valence-corrected chi connectivity index (χ4v) is 3.33. The Kier molecular flexibility index (Phi) is 5.91. The molecule has 0 fully saturated rings. The van der Waals surface area contributed by atoms with Gasteiger partial charge in [-0.15, -0.1) is 0 Å². The van der Waals surface area contributed by atoms with Crippen LogP contribution in [-0.4, -0.2) is 64.1 Å². The maximum Gasteiger partial charge on any atom is 0.355 e. The molecule has 1 rings (SSSR count). The van der Waals surface area contributed by atoms with Crippen LogP contribution in [0.3, 0.4) is 0 Å². The van der Waals surface area contributed by atoms with Gasteiger partial charge in [0.05, 0.1) is 22.2 Å². The predicted octanol–water partition coefficient (Wildman–Crippen LogP) is -0.227. The van der Waals surface area contributed by atoms with Gasteiger partial charge in [-0.2, -0.15) is 0 Å². The Morgan fingerprint density at radius 1 is 1.17 bits per heavy atom. The molecule has 0 aromatic heterocycles. The van der Waals surface area contributed by atoms with Crippen molar-refractivity contribution in [2.24, 2.45) is 0 Å². The summed E-state index contributed by atoms with van der Waals surface area (Å²) in [5.41, 5.74) is 0.298. The minimum Gasteiger partial charge on any atom is -0.342 e. The van der Waals surface area contributed by atoms with Crippen LogP contribution >= 0.6 is 31.9 Å².